The van der Waals surface area contributed by atoms with Gasteiger partial charge in [-0.15, -0.1) is 0 Å². The largest absolute Gasteiger partial charge is 0.303 e. The smallest absolute Gasteiger partial charge is 0.296 e. The Morgan fingerprint density at radius 1 is 0.913 bits per heavy atom. The van der Waals surface area contributed by atoms with E-state index in [1.807, 2.05) is 6.92 Å². The predicted octanol–water partition coefficient (Wildman–Crippen LogP) is 3.99. The highest BCUT2D eigenvalue weighted by atomic mass is 32.2. The lowest BCUT2D eigenvalue weighted by Crippen LogP contribution is -2.28. The SMILES string of the molecule is CCCCN(CCCC)CCCOS(=O)(=O)c1ccc(C)cc1. The van der Waals surface area contributed by atoms with E-state index in [4.69, 9.17) is 4.18 Å². The molecule has 0 fully saturated rings. The molecule has 0 aliphatic heterocycles. The van der Waals surface area contributed by atoms with E-state index >= 15 is 0 Å². The third-order valence-electron chi connectivity index (χ3n) is 3.82. The minimum atomic E-state index is -3.63. The highest BCUT2D eigenvalue weighted by Crippen LogP contribution is 2.13. The van der Waals surface area contributed by atoms with Crippen LogP contribution in [-0.4, -0.2) is 39.6 Å². The number of nitrogens with zero attached hydrogens (tertiary/aromatic N) is 1. The number of unbranched alkanes of at least 4 members (excludes halogenated alkanes) is 2. The maximum Gasteiger partial charge on any atom is 0.296 e. The zero-order valence-corrected chi connectivity index (χ0v) is 15.6. The van der Waals surface area contributed by atoms with Crippen molar-refractivity contribution in [3.05, 3.63) is 29.8 Å². The lowest BCUT2D eigenvalue weighted by atomic mass is 10.2. The number of hydrogen-bond donors (Lipinski definition) is 0. The highest BCUT2D eigenvalue weighted by molar-refractivity contribution is 7.86. The molecule has 1 rings (SSSR count). The van der Waals surface area contributed by atoms with Gasteiger partial charge in [-0.3, -0.25) is 4.18 Å². The van der Waals surface area contributed by atoms with Crippen LogP contribution in [0.5, 0.6) is 0 Å². The Bertz CT molecular complexity index is 518. The standard InChI is InChI=1S/C18H31NO3S/c1-4-6-13-19(14-7-5-2)15-8-16-22-23(20,21)18-11-9-17(3)10-12-18/h9-12H,4-8,13-16H2,1-3H3. The zero-order chi connectivity index (χ0) is 17.1. The van der Waals surface area contributed by atoms with E-state index in [-0.39, 0.29) is 11.5 Å². The fraction of sp³-hybridized carbons (Fsp3) is 0.667. The van der Waals surface area contributed by atoms with Crippen LogP contribution in [0.15, 0.2) is 29.2 Å². The van der Waals surface area contributed by atoms with Crippen LogP contribution in [-0.2, 0) is 14.3 Å². The maximum absolute atomic E-state index is 12.1. The van der Waals surface area contributed by atoms with Crippen LogP contribution in [0.1, 0.15) is 51.5 Å². The molecule has 0 saturated heterocycles. The van der Waals surface area contributed by atoms with Crippen molar-refractivity contribution in [2.75, 3.05) is 26.2 Å². The molecule has 0 atom stereocenters. The summed E-state index contributed by atoms with van der Waals surface area (Å²) in [7, 11) is -3.63. The second kappa shape index (κ2) is 10.8. The van der Waals surface area contributed by atoms with E-state index in [1.165, 1.54) is 25.7 Å². The van der Waals surface area contributed by atoms with E-state index in [2.05, 4.69) is 18.7 Å². The molecule has 0 saturated carbocycles. The van der Waals surface area contributed by atoms with Crippen molar-refractivity contribution in [3.63, 3.8) is 0 Å². The van der Waals surface area contributed by atoms with Gasteiger partial charge in [0.1, 0.15) is 0 Å². The molecular weight excluding hydrogens is 310 g/mol. The molecule has 0 heterocycles. The average molecular weight is 342 g/mol. The monoisotopic (exact) mass is 341 g/mol. The topological polar surface area (TPSA) is 46.6 Å². The molecule has 0 aliphatic rings. The molecule has 0 spiro atoms. The van der Waals surface area contributed by atoms with Gasteiger partial charge >= 0.3 is 0 Å². The third kappa shape index (κ3) is 7.95. The van der Waals surface area contributed by atoms with Crippen LogP contribution >= 0.6 is 0 Å². The van der Waals surface area contributed by atoms with Crippen molar-refractivity contribution in [3.8, 4) is 0 Å². The maximum atomic E-state index is 12.1. The quantitative estimate of drug-likeness (QED) is 0.426. The molecule has 0 amide bonds. The molecule has 4 nitrogen and oxygen atoms in total. The van der Waals surface area contributed by atoms with Gasteiger partial charge in [0.15, 0.2) is 0 Å². The molecule has 132 valence electrons. The Morgan fingerprint density at radius 3 is 1.96 bits per heavy atom. The van der Waals surface area contributed by atoms with E-state index in [0.717, 1.165) is 31.6 Å². The number of aryl methyl sites for hydroxylation is 1. The van der Waals surface area contributed by atoms with E-state index in [1.54, 1.807) is 24.3 Å². The Hall–Kier alpha value is -0.910. The van der Waals surface area contributed by atoms with Crippen LogP contribution in [0.25, 0.3) is 0 Å². The summed E-state index contributed by atoms with van der Waals surface area (Å²) >= 11 is 0. The molecule has 0 N–H and O–H groups in total. The summed E-state index contributed by atoms with van der Waals surface area (Å²) in [5.41, 5.74) is 1.03. The summed E-state index contributed by atoms with van der Waals surface area (Å²) in [6, 6.07) is 6.76. The van der Waals surface area contributed by atoms with Crippen LogP contribution in [0, 0.1) is 6.92 Å². The molecule has 1 aromatic rings. The first-order chi connectivity index (χ1) is 11.0. The van der Waals surface area contributed by atoms with Crippen molar-refractivity contribution >= 4 is 10.1 Å². The van der Waals surface area contributed by atoms with Crippen molar-refractivity contribution in [1.29, 1.82) is 0 Å². The van der Waals surface area contributed by atoms with Crippen LogP contribution in [0.4, 0.5) is 0 Å². The summed E-state index contributed by atoms with van der Waals surface area (Å²) < 4.78 is 29.4. The molecule has 5 heteroatoms. The summed E-state index contributed by atoms with van der Waals surface area (Å²) in [5.74, 6) is 0. The molecule has 0 aliphatic carbocycles. The molecule has 0 unspecified atom stereocenters. The van der Waals surface area contributed by atoms with Gasteiger partial charge < -0.3 is 4.90 Å². The molecule has 1 aromatic carbocycles. The van der Waals surface area contributed by atoms with Gasteiger partial charge in [0.25, 0.3) is 10.1 Å². The molecular formula is C18H31NO3S. The molecule has 0 aromatic heterocycles. The molecule has 23 heavy (non-hydrogen) atoms. The zero-order valence-electron chi connectivity index (χ0n) is 14.8. The van der Waals surface area contributed by atoms with Gasteiger partial charge in [0.2, 0.25) is 0 Å². The van der Waals surface area contributed by atoms with Crippen LogP contribution < -0.4 is 0 Å². The average Bonchev–Trinajstić information content (AvgIpc) is 2.53. The third-order valence-corrected chi connectivity index (χ3v) is 5.15. The van der Waals surface area contributed by atoms with Crippen molar-refractivity contribution in [2.24, 2.45) is 0 Å². The Kier molecular flexibility index (Phi) is 9.44. The second-order valence-electron chi connectivity index (χ2n) is 5.99. The van der Waals surface area contributed by atoms with Crippen LogP contribution in [0.2, 0.25) is 0 Å². The Balaban J connectivity index is 2.40. The summed E-state index contributed by atoms with van der Waals surface area (Å²) in [5, 5.41) is 0. The van der Waals surface area contributed by atoms with Gasteiger partial charge in [-0.1, -0.05) is 44.4 Å². The minimum absolute atomic E-state index is 0.233. The Morgan fingerprint density at radius 2 is 1.43 bits per heavy atom. The van der Waals surface area contributed by atoms with Gasteiger partial charge in [0.05, 0.1) is 11.5 Å². The van der Waals surface area contributed by atoms with Crippen molar-refractivity contribution in [1.82, 2.24) is 4.90 Å². The highest BCUT2D eigenvalue weighted by Gasteiger charge is 2.14. The first-order valence-electron chi connectivity index (χ1n) is 8.68. The fourth-order valence-corrected chi connectivity index (χ4v) is 3.27. The predicted molar refractivity (Wildman–Crippen MR) is 95.2 cm³/mol. The van der Waals surface area contributed by atoms with E-state index in [9.17, 15) is 8.42 Å². The minimum Gasteiger partial charge on any atom is -0.303 e. The van der Waals surface area contributed by atoms with E-state index < -0.39 is 10.1 Å². The number of hydrogen-bond acceptors (Lipinski definition) is 4. The molecule has 0 bridgehead atoms. The fourth-order valence-electron chi connectivity index (χ4n) is 2.33. The first-order valence-corrected chi connectivity index (χ1v) is 10.1. The summed E-state index contributed by atoms with van der Waals surface area (Å²) in [4.78, 5) is 2.64. The van der Waals surface area contributed by atoms with Gasteiger partial charge in [-0.25, -0.2) is 0 Å². The van der Waals surface area contributed by atoms with Crippen LogP contribution in [0.3, 0.4) is 0 Å². The first kappa shape index (κ1) is 20.1. The second-order valence-corrected chi connectivity index (χ2v) is 7.61. The number of rotatable bonds is 12. The van der Waals surface area contributed by atoms with Crippen molar-refractivity contribution in [2.45, 2.75) is 57.8 Å². The molecule has 0 radical (unpaired) electrons. The van der Waals surface area contributed by atoms with Gasteiger partial charge in [0, 0.05) is 6.54 Å². The lowest BCUT2D eigenvalue weighted by molar-refractivity contribution is 0.231. The van der Waals surface area contributed by atoms with Gasteiger partial charge in [-0.2, -0.15) is 8.42 Å². The lowest BCUT2D eigenvalue weighted by Gasteiger charge is -2.21. The Labute approximate surface area is 142 Å². The normalized spacial score (nSPS) is 12.0. The van der Waals surface area contributed by atoms with Gasteiger partial charge in [-0.05, 0) is 51.4 Å². The summed E-state index contributed by atoms with van der Waals surface area (Å²) in [6.07, 6.45) is 5.47. The van der Waals surface area contributed by atoms with Crippen molar-refractivity contribution < 1.29 is 12.6 Å². The van der Waals surface area contributed by atoms with E-state index in [0.29, 0.717) is 0 Å². The number of benzene rings is 1. The summed E-state index contributed by atoms with van der Waals surface area (Å²) in [6.45, 7) is 9.61.